The SMILES string of the molecule is Cc1nc(N2CCN(c3cnn(CC(F)F)c(=O)c3)CC2)cc(C(F)(F)F)n1. The Hall–Kier alpha value is -2.79. The smallest absolute Gasteiger partial charge is 0.367 e. The van der Waals surface area contributed by atoms with Gasteiger partial charge in [-0.1, -0.05) is 0 Å². The molecule has 1 saturated heterocycles. The van der Waals surface area contributed by atoms with Gasteiger partial charge in [0.05, 0.1) is 11.9 Å². The summed E-state index contributed by atoms with van der Waals surface area (Å²) in [5, 5.41) is 3.74. The maximum Gasteiger partial charge on any atom is 0.433 e. The third-order valence-electron chi connectivity index (χ3n) is 4.25. The van der Waals surface area contributed by atoms with Crippen LogP contribution in [0, 0.1) is 6.92 Å². The van der Waals surface area contributed by atoms with Crippen molar-refractivity contribution >= 4 is 11.5 Å². The van der Waals surface area contributed by atoms with Crippen LogP contribution in [0.4, 0.5) is 33.5 Å². The quantitative estimate of drug-likeness (QED) is 0.726. The molecule has 0 radical (unpaired) electrons. The van der Waals surface area contributed by atoms with Crippen LogP contribution in [0.5, 0.6) is 0 Å². The molecule has 3 heterocycles. The Morgan fingerprint density at radius 2 is 1.71 bits per heavy atom. The van der Waals surface area contributed by atoms with E-state index in [1.54, 1.807) is 4.90 Å². The first-order valence-corrected chi connectivity index (χ1v) is 8.41. The molecule has 3 rings (SSSR count). The average molecular weight is 404 g/mol. The molecule has 2 aromatic heterocycles. The minimum absolute atomic E-state index is 0.0269. The van der Waals surface area contributed by atoms with Gasteiger partial charge in [-0.15, -0.1) is 0 Å². The van der Waals surface area contributed by atoms with Crippen molar-refractivity contribution in [2.75, 3.05) is 36.0 Å². The molecule has 1 aliphatic rings. The second-order valence-corrected chi connectivity index (χ2v) is 6.26. The Morgan fingerprint density at radius 1 is 1.07 bits per heavy atom. The summed E-state index contributed by atoms with van der Waals surface area (Å²) in [7, 11) is 0. The van der Waals surface area contributed by atoms with Crippen LogP contribution in [-0.2, 0) is 12.7 Å². The summed E-state index contributed by atoms with van der Waals surface area (Å²) in [6, 6.07) is 2.14. The molecule has 0 unspecified atom stereocenters. The first-order valence-electron chi connectivity index (χ1n) is 8.41. The van der Waals surface area contributed by atoms with Crippen molar-refractivity contribution in [3.63, 3.8) is 0 Å². The van der Waals surface area contributed by atoms with Crippen LogP contribution >= 0.6 is 0 Å². The molecule has 28 heavy (non-hydrogen) atoms. The molecular weight excluding hydrogens is 387 g/mol. The summed E-state index contributed by atoms with van der Waals surface area (Å²) in [4.78, 5) is 22.9. The molecule has 0 aromatic carbocycles. The van der Waals surface area contributed by atoms with Gasteiger partial charge < -0.3 is 9.80 Å². The van der Waals surface area contributed by atoms with Crippen molar-refractivity contribution in [1.82, 2.24) is 19.7 Å². The lowest BCUT2D eigenvalue weighted by Crippen LogP contribution is -2.47. The van der Waals surface area contributed by atoms with Gasteiger partial charge in [-0.25, -0.2) is 23.4 Å². The maximum atomic E-state index is 12.9. The fourth-order valence-electron chi connectivity index (χ4n) is 2.92. The molecular formula is C16H17F5N6O. The molecule has 0 saturated carbocycles. The highest BCUT2D eigenvalue weighted by Crippen LogP contribution is 2.30. The zero-order valence-electron chi connectivity index (χ0n) is 14.8. The van der Waals surface area contributed by atoms with Crippen LogP contribution in [0.2, 0.25) is 0 Å². The second kappa shape index (κ2) is 7.68. The number of alkyl halides is 5. The van der Waals surface area contributed by atoms with Crippen molar-refractivity contribution < 1.29 is 22.0 Å². The van der Waals surface area contributed by atoms with Gasteiger partial charge in [-0.05, 0) is 6.92 Å². The number of hydrogen-bond acceptors (Lipinski definition) is 6. The number of anilines is 2. The highest BCUT2D eigenvalue weighted by Gasteiger charge is 2.34. The van der Waals surface area contributed by atoms with Crippen LogP contribution in [0.15, 0.2) is 23.1 Å². The lowest BCUT2D eigenvalue weighted by molar-refractivity contribution is -0.141. The summed E-state index contributed by atoms with van der Waals surface area (Å²) in [6.45, 7) is 2.17. The molecule has 7 nitrogen and oxygen atoms in total. The van der Waals surface area contributed by atoms with Gasteiger partial charge in [0.1, 0.15) is 23.9 Å². The van der Waals surface area contributed by atoms with E-state index in [0.29, 0.717) is 36.5 Å². The summed E-state index contributed by atoms with van der Waals surface area (Å²) in [5.74, 6) is 0.212. The number of piperazine rings is 1. The van der Waals surface area contributed by atoms with Crippen LogP contribution in [0.25, 0.3) is 0 Å². The number of rotatable bonds is 4. The van der Waals surface area contributed by atoms with Crippen LogP contribution in [-0.4, -0.2) is 52.4 Å². The summed E-state index contributed by atoms with van der Waals surface area (Å²) >= 11 is 0. The lowest BCUT2D eigenvalue weighted by Gasteiger charge is -2.36. The van der Waals surface area contributed by atoms with Gasteiger partial charge >= 0.3 is 6.18 Å². The van der Waals surface area contributed by atoms with E-state index in [9.17, 15) is 26.7 Å². The molecule has 0 bridgehead atoms. The molecule has 12 heteroatoms. The van der Waals surface area contributed by atoms with Crippen molar-refractivity contribution in [3.8, 4) is 0 Å². The van der Waals surface area contributed by atoms with Gasteiger partial charge in [0.15, 0.2) is 0 Å². The minimum Gasteiger partial charge on any atom is -0.367 e. The van der Waals surface area contributed by atoms with E-state index in [1.165, 1.54) is 19.2 Å². The van der Waals surface area contributed by atoms with Crippen molar-refractivity contribution in [2.24, 2.45) is 0 Å². The largest absolute Gasteiger partial charge is 0.433 e. The minimum atomic E-state index is -4.56. The third-order valence-corrected chi connectivity index (χ3v) is 4.25. The van der Waals surface area contributed by atoms with Gasteiger partial charge in [-0.2, -0.15) is 18.3 Å². The Morgan fingerprint density at radius 3 is 2.29 bits per heavy atom. The zero-order valence-corrected chi connectivity index (χ0v) is 14.8. The lowest BCUT2D eigenvalue weighted by atomic mass is 10.2. The topological polar surface area (TPSA) is 67.2 Å². The molecule has 0 aliphatic carbocycles. The Bertz CT molecular complexity index is 892. The van der Waals surface area contributed by atoms with E-state index in [4.69, 9.17) is 0 Å². The van der Waals surface area contributed by atoms with E-state index in [1.807, 2.05) is 4.90 Å². The Labute approximate surface area is 156 Å². The standard InChI is InChI=1S/C16H17F5N6O/c1-10-23-12(16(19,20)21)7-14(24-10)26-4-2-25(3-5-26)11-6-15(28)27(22-8-11)9-13(17)18/h6-8,13H,2-5,9H2,1H3. The molecule has 0 spiro atoms. The number of aromatic nitrogens is 4. The predicted octanol–water partition coefficient (Wildman–Crippen LogP) is 1.95. The number of hydrogen-bond donors (Lipinski definition) is 0. The molecule has 2 aromatic rings. The zero-order chi connectivity index (χ0) is 20.5. The van der Waals surface area contributed by atoms with Gasteiger partial charge in [-0.3, -0.25) is 4.79 Å². The van der Waals surface area contributed by atoms with Crippen molar-refractivity contribution in [1.29, 1.82) is 0 Å². The first-order chi connectivity index (χ1) is 13.1. The highest BCUT2D eigenvalue weighted by atomic mass is 19.4. The fraction of sp³-hybridized carbons (Fsp3) is 0.500. The van der Waals surface area contributed by atoms with E-state index >= 15 is 0 Å². The Kier molecular flexibility index (Phi) is 5.47. The fourth-order valence-corrected chi connectivity index (χ4v) is 2.92. The summed E-state index contributed by atoms with van der Waals surface area (Å²) in [6.07, 6.45) is -5.91. The molecule has 0 atom stereocenters. The van der Waals surface area contributed by atoms with Crippen LogP contribution < -0.4 is 15.4 Å². The van der Waals surface area contributed by atoms with Crippen molar-refractivity contribution in [3.05, 3.63) is 40.2 Å². The average Bonchev–Trinajstić information content (AvgIpc) is 2.62. The third kappa shape index (κ3) is 4.54. The number of aryl methyl sites for hydroxylation is 1. The van der Waals surface area contributed by atoms with E-state index < -0.39 is 30.4 Å². The molecule has 152 valence electrons. The van der Waals surface area contributed by atoms with Gasteiger partial charge in [0, 0.05) is 38.3 Å². The number of nitrogens with zero attached hydrogens (tertiary/aromatic N) is 6. The molecule has 1 aliphatic heterocycles. The van der Waals surface area contributed by atoms with E-state index in [-0.39, 0.29) is 11.6 Å². The Balaban J connectivity index is 1.71. The molecule has 1 fully saturated rings. The normalized spacial score (nSPS) is 15.4. The number of halogens is 5. The first kappa shape index (κ1) is 20.0. The van der Waals surface area contributed by atoms with Gasteiger partial charge in [0.25, 0.3) is 12.0 Å². The second-order valence-electron chi connectivity index (χ2n) is 6.26. The van der Waals surface area contributed by atoms with Crippen LogP contribution in [0.1, 0.15) is 11.5 Å². The monoisotopic (exact) mass is 404 g/mol. The molecule has 0 N–H and O–H groups in total. The summed E-state index contributed by atoms with van der Waals surface area (Å²) in [5.41, 5.74) is -1.16. The maximum absolute atomic E-state index is 12.9. The van der Waals surface area contributed by atoms with Gasteiger partial charge in [0.2, 0.25) is 0 Å². The highest BCUT2D eigenvalue weighted by molar-refractivity contribution is 5.47. The van der Waals surface area contributed by atoms with Crippen LogP contribution in [0.3, 0.4) is 0 Å². The van der Waals surface area contributed by atoms with Crippen molar-refractivity contribution in [2.45, 2.75) is 26.1 Å². The van der Waals surface area contributed by atoms with E-state index in [2.05, 4.69) is 15.1 Å². The summed E-state index contributed by atoms with van der Waals surface area (Å²) < 4.78 is 64.3. The molecule has 0 amide bonds. The van der Waals surface area contributed by atoms with E-state index in [0.717, 1.165) is 6.07 Å². The predicted molar refractivity (Wildman–Crippen MR) is 90.7 cm³/mol.